The Morgan fingerprint density at radius 2 is 1.81 bits per heavy atom. The minimum atomic E-state index is 0.105. The number of amides is 1. The first-order valence-corrected chi connectivity index (χ1v) is 9.49. The summed E-state index contributed by atoms with van der Waals surface area (Å²) < 4.78 is 5.80. The molecule has 0 aromatic heterocycles. The number of nitrogens with two attached hydrogens (primary N) is 1. The number of hydrogen-bond donors (Lipinski definition) is 2. The highest BCUT2D eigenvalue weighted by atomic mass is 16.5. The van der Waals surface area contributed by atoms with E-state index >= 15 is 0 Å². The molecule has 1 aliphatic rings. The monoisotopic (exact) mass is 352 g/mol. The number of nitrogens with one attached hydrogen (secondary N) is 1. The summed E-state index contributed by atoms with van der Waals surface area (Å²) >= 11 is 0. The van der Waals surface area contributed by atoms with E-state index in [2.05, 4.69) is 29.6 Å². The van der Waals surface area contributed by atoms with E-state index in [4.69, 9.17) is 10.5 Å². The van der Waals surface area contributed by atoms with Crippen molar-refractivity contribution in [1.29, 1.82) is 0 Å². The fraction of sp³-hybridized carbons (Fsp3) is 0.409. The molecule has 1 fully saturated rings. The quantitative estimate of drug-likeness (QED) is 0.766. The lowest BCUT2D eigenvalue weighted by Gasteiger charge is -2.17. The van der Waals surface area contributed by atoms with Gasteiger partial charge in [0.1, 0.15) is 12.4 Å². The number of rotatable bonds is 8. The first-order valence-electron chi connectivity index (χ1n) is 9.49. The van der Waals surface area contributed by atoms with E-state index in [1.807, 2.05) is 30.3 Å². The zero-order valence-corrected chi connectivity index (χ0v) is 15.2. The molecule has 0 aliphatic heterocycles. The van der Waals surface area contributed by atoms with Crippen LogP contribution in [0.5, 0.6) is 5.75 Å². The summed E-state index contributed by atoms with van der Waals surface area (Å²) in [4.78, 5) is 12.3. The largest absolute Gasteiger partial charge is 0.489 e. The molecule has 0 bridgehead atoms. The first kappa shape index (κ1) is 18.5. The average Bonchev–Trinajstić information content (AvgIpc) is 3.17. The zero-order valence-electron chi connectivity index (χ0n) is 15.2. The maximum atomic E-state index is 12.3. The topological polar surface area (TPSA) is 64.4 Å². The number of ether oxygens (including phenoxy) is 1. The second kappa shape index (κ2) is 9.39. The zero-order chi connectivity index (χ0) is 18.2. The highest BCUT2D eigenvalue weighted by Gasteiger charge is 2.31. The molecule has 0 radical (unpaired) electrons. The number of carbonyl (C=O) groups excluding carboxylic acids is 1. The van der Waals surface area contributed by atoms with E-state index < -0.39 is 0 Å². The van der Waals surface area contributed by atoms with Crippen molar-refractivity contribution in [3.05, 3.63) is 65.7 Å². The van der Waals surface area contributed by atoms with Gasteiger partial charge in [-0.1, -0.05) is 48.9 Å². The molecule has 3 N–H and O–H groups in total. The fourth-order valence-electron chi connectivity index (χ4n) is 3.62. The Bertz CT molecular complexity index is 685. The Kier molecular flexibility index (Phi) is 6.67. The van der Waals surface area contributed by atoms with Gasteiger partial charge in [0, 0.05) is 12.5 Å². The van der Waals surface area contributed by atoms with Gasteiger partial charge in [0.2, 0.25) is 5.91 Å². The molecule has 26 heavy (non-hydrogen) atoms. The Labute approximate surface area is 155 Å². The van der Waals surface area contributed by atoms with Gasteiger partial charge in [-0.25, -0.2) is 0 Å². The van der Waals surface area contributed by atoms with Gasteiger partial charge in [-0.2, -0.15) is 0 Å². The highest BCUT2D eigenvalue weighted by Crippen LogP contribution is 2.30. The second-order valence-corrected chi connectivity index (χ2v) is 6.99. The Hall–Kier alpha value is -2.33. The molecule has 138 valence electrons. The lowest BCUT2D eigenvalue weighted by atomic mass is 9.95. The molecule has 1 saturated carbocycles. The normalized spacial score (nSPS) is 19.3. The van der Waals surface area contributed by atoms with Crippen LogP contribution in [0.4, 0.5) is 0 Å². The SMILES string of the molecule is NC[C@H]1CCC[C@H]1C(=O)NCCc1ccc(OCc2ccccc2)cc1. The van der Waals surface area contributed by atoms with Crippen molar-refractivity contribution in [1.82, 2.24) is 5.32 Å². The third-order valence-electron chi connectivity index (χ3n) is 5.18. The van der Waals surface area contributed by atoms with Crippen LogP contribution in [0.3, 0.4) is 0 Å². The second-order valence-electron chi connectivity index (χ2n) is 6.99. The fourth-order valence-corrected chi connectivity index (χ4v) is 3.62. The van der Waals surface area contributed by atoms with Crippen LogP contribution in [0, 0.1) is 11.8 Å². The highest BCUT2D eigenvalue weighted by molar-refractivity contribution is 5.79. The van der Waals surface area contributed by atoms with Crippen LogP contribution in [0.15, 0.2) is 54.6 Å². The molecule has 3 rings (SSSR count). The summed E-state index contributed by atoms with van der Waals surface area (Å²) in [7, 11) is 0. The molecule has 0 spiro atoms. The first-order chi connectivity index (χ1) is 12.8. The van der Waals surface area contributed by atoms with Gasteiger partial charge in [-0.3, -0.25) is 4.79 Å². The van der Waals surface area contributed by atoms with Crippen LogP contribution >= 0.6 is 0 Å². The maximum absolute atomic E-state index is 12.3. The van der Waals surface area contributed by atoms with E-state index in [9.17, 15) is 4.79 Å². The molecule has 2 aromatic carbocycles. The van der Waals surface area contributed by atoms with Crippen LogP contribution in [-0.4, -0.2) is 19.0 Å². The molecular weight excluding hydrogens is 324 g/mol. The Morgan fingerprint density at radius 3 is 2.54 bits per heavy atom. The van der Waals surface area contributed by atoms with Crippen LogP contribution in [0.2, 0.25) is 0 Å². The third-order valence-corrected chi connectivity index (χ3v) is 5.18. The molecule has 0 saturated heterocycles. The smallest absolute Gasteiger partial charge is 0.223 e. The van der Waals surface area contributed by atoms with Gasteiger partial charge in [-0.15, -0.1) is 0 Å². The summed E-state index contributed by atoms with van der Waals surface area (Å²) in [6.07, 6.45) is 4.00. The summed E-state index contributed by atoms with van der Waals surface area (Å²) in [6, 6.07) is 18.2. The van der Waals surface area contributed by atoms with Crippen molar-refractivity contribution < 1.29 is 9.53 Å². The predicted molar refractivity (Wildman–Crippen MR) is 104 cm³/mol. The van der Waals surface area contributed by atoms with E-state index in [1.165, 1.54) is 5.56 Å². The number of benzene rings is 2. The predicted octanol–water partition coefficient (Wildman–Crippen LogP) is 3.30. The van der Waals surface area contributed by atoms with Gasteiger partial charge in [0.05, 0.1) is 0 Å². The van der Waals surface area contributed by atoms with Crippen LogP contribution in [0.1, 0.15) is 30.4 Å². The summed E-state index contributed by atoms with van der Waals surface area (Å²) in [5, 5.41) is 3.07. The van der Waals surface area contributed by atoms with Gasteiger partial charge in [0.25, 0.3) is 0 Å². The number of carbonyl (C=O) groups is 1. The van der Waals surface area contributed by atoms with E-state index in [0.717, 1.165) is 37.0 Å². The molecule has 1 aliphatic carbocycles. The minimum absolute atomic E-state index is 0.105. The van der Waals surface area contributed by atoms with E-state index in [1.54, 1.807) is 0 Å². The molecule has 2 aromatic rings. The standard InChI is InChI=1S/C22H28N2O2/c23-15-19-7-4-8-21(19)22(25)24-14-13-17-9-11-20(12-10-17)26-16-18-5-2-1-3-6-18/h1-3,5-6,9-12,19,21H,4,7-8,13-16,23H2,(H,24,25)/t19-,21-/m1/s1. The van der Waals surface area contributed by atoms with Gasteiger partial charge in [-0.05, 0) is 55.0 Å². The lowest BCUT2D eigenvalue weighted by molar-refractivity contribution is -0.125. The number of hydrogen-bond acceptors (Lipinski definition) is 3. The molecule has 0 heterocycles. The maximum Gasteiger partial charge on any atom is 0.223 e. The molecule has 0 unspecified atom stereocenters. The third kappa shape index (κ3) is 5.09. The van der Waals surface area contributed by atoms with Gasteiger partial charge in [0.15, 0.2) is 0 Å². The van der Waals surface area contributed by atoms with Crippen molar-refractivity contribution >= 4 is 5.91 Å². The lowest BCUT2D eigenvalue weighted by Crippen LogP contribution is -2.36. The molecule has 4 nitrogen and oxygen atoms in total. The minimum Gasteiger partial charge on any atom is -0.489 e. The molecule has 4 heteroatoms. The summed E-state index contributed by atoms with van der Waals surface area (Å²) in [5.41, 5.74) is 8.11. The van der Waals surface area contributed by atoms with Crippen molar-refractivity contribution in [2.24, 2.45) is 17.6 Å². The van der Waals surface area contributed by atoms with E-state index in [-0.39, 0.29) is 11.8 Å². The molecular formula is C22H28N2O2. The van der Waals surface area contributed by atoms with Crippen LogP contribution < -0.4 is 15.8 Å². The Balaban J connectivity index is 1.41. The summed E-state index contributed by atoms with van der Waals surface area (Å²) in [5.74, 6) is 1.49. The van der Waals surface area contributed by atoms with Crippen molar-refractivity contribution in [3.63, 3.8) is 0 Å². The van der Waals surface area contributed by atoms with Crippen molar-refractivity contribution in [2.75, 3.05) is 13.1 Å². The summed E-state index contributed by atoms with van der Waals surface area (Å²) in [6.45, 7) is 1.85. The Morgan fingerprint density at radius 1 is 1.04 bits per heavy atom. The van der Waals surface area contributed by atoms with Crippen molar-refractivity contribution in [3.8, 4) is 5.75 Å². The van der Waals surface area contributed by atoms with Crippen LogP contribution in [0.25, 0.3) is 0 Å². The molecule has 1 amide bonds. The van der Waals surface area contributed by atoms with Gasteiger partial charge >= 0.3 is 0 Å². The average molecular weight is 352 g/mol. The van der Waals surface area contributed by atoms with Crippen molar-refractivity contribution in [2.45, 2.75) is 32.3 Å². The van der Waals surface area contributed by atoms with E-state index in [0.29, 0.717) is 25.6 Å². The van der Waals surface area contributed by atoms with Gasteiger partial charge < -0.3 is 15.8 Å². The van der Waals surface area contributed by atoms with Crippen LogP contribution in [-0.2, 0) is 17.8 Å². The molecule has 2 atom stereocenters.